The summed E-state index contributed by atoms with van der Waals surface area (Å²) in [6, 6.07) is 18.0. The summed E-state index contributed by atoms with van der Waals surface area (Å²) in [5.74, 6) is -0.846. The molecule has 3 heterocycles. The highest BCUT2D eigenvalue weighted by atomic mass is 35.5. The summed E-state index contributed by atoms with van der Waals surface area (Å²) in [5.41, 5.74) is 3.37. The fourth-order valence-corrected chi connectivity index (χ4v) is 5.00. The Morgan fingerprint density at radius 3 is 2.67 bits per heavy atom. The quantitative estimate of drug-likeness (QED) is 0.360. The Morgan fingerprint density at radius 2 is 1.92 bits per heavy atom. The van der Waals surface area contributed by atoms with Crippen LogP contribution in [0.3, 0.4) is 0 Å². The zero-order valence-corrected chi connectivity index (χ0v) is 20.9. The Morgan fingerprint density at radius 1 is 1.11 bits per heavy atom. The van der Waals surface area contributed by atoms with E-state index in [0.717, 1.165) is 28.4 Å². The van der Waals surface area contributed by atoms with Gasteiger partial charge in [-0.1, -0.05) is 23.7 Å². The number of rotatable bonds is 5. The maximum Gasteiger partial charge on any atom is 0.282 e. The number of carbonyl (C=O) groups excluding carboxylic acids is 1. The second-order valence-corrected chi connectivity index (χ2v) is 10.8. The Bertz CT molecular complexity index is 1840. The standard InChI is InChI=1S/C26H21ClN4O4S/c1-15-5-7-17-12-16(6-9-21(17)29-15)14-31-22-10-8-18(27)13-20(22)23(19-4-3-11-28-25(19)32)24(31)26(33)30-36(2,34)35/h3-13H,14H2,1-2H3,(H,28,32)(H,30,33). The van der Waals surface area contributed by atoms with E-state index in [-0.39, 0.29) is 17.8 Å². The molecule has 0 unspecified atom stereocenters. The molecule has 36 heavy (non-hydrogen) atoms. The minimum Gasteiger partial charge on any atom is -0.331 e. The van der Waals surface area contributed by atoms with Crippen LogP contribution < -0.4 is 10.3 Å². The number of hydrogen-bond donors (Lipinski definition) is 2. The molecule has 0 atom stereocenters. The van der Waals surface area contributed by atoms with Gasteiger partial charge in [0.15, 0.2) is 0 Å². The molecule has 0 aliphatic carbocycles. The molecule has 0 saturated heterocycles. The smallest absolute Gasteiger partial charge is 0.282 e. The van der Waals surface area contributed by atoms with Crippen molar-refractivity contribution in [3.8, 4) is 11.1 Å². The van der Waals surface area contributed by atoms with Gasteiger partial charge >= 0.3 is 0 Å². The molecule has 0 aliphatic heterocycles. The van der Waals surface area contributed by atoms with Crippen LogP contribution in [0.4, 0.5) is 0 Å². The zero-order chi connectivity index (χ0) is 25.6. The number of H-pyrrole nitrogens is 1. The maximum atomic E-state index is 13.4. The van der Waals surface area contributed by atoms with Crippen molar-refractivity contribution in [3.63, 3.8) is 0 Å². The Hall–Kier alpha value is -3.95. The zero-order valence-electron chi connectivity index (χ0n) is 19.4. The average molecular weight is 521 g/mol. The van der Waals surface area contributed by atoms with E-state index in [2.05, 4.69) is 14.7 Å². The molecule has 0 aliphatic rings. The van der Waals surface area contributed by atoms with Crippen LogP contribution in [0.1, 0.15) is 21.7 Å². The van der Waals surface area contributed by atoms with Crippen molar-refractivity contribution in [3.05, 3.63) is 99.2 Å². The van der Waals surface area contributed by atoms with Crippen LogP contribution in [-0.4, -0.2) is 35.1 Å². The highest BCUT2D eigenvalue weighted by Crippen LogP contribution is 2.36. The molecule has 2 N–H and O–H groups in total. The topological polar surface area (TPSA) is 114 Å². The monoisotopic (exact) mass is 520 g/mol. The fourth-order valence-electron chi connectivity index (χ4n) is 4.39. The van der Waals surface area contributed by atoms with E-state index in [1.165, 1.54) is 6.20 Å². The van der Waals surface area contributed by atoms with Gasteiger partial charge in [0.25, 0.3) is 11.5 Å². The van der Waals surface area contributed by atoms with Crippen LogP contribution >= 0.6 is 11.6 Å². The summed E-state index contributed by atoms with van der Waals surface area (Å²) >= 11 is 6.31. The van der Waals surface area contributed by atoms with Crippen LogP contribution in [0.15, 0.2) is 71.7 Å². The number of aryl methyl sites for hydroxylation is 1. The number of fused-ring (bicyclic) bond motifs is 2. The van der Waals surface area contributed by atoms with E-state index in [1.54, 1.807) is 34.9 Å². The van der Waals surface area contributed by atoms with Gasteiger partial charge in [-0.25, -0.2) is 13.1 Å². The number of carbonyl (C=O) groups is 1. The van der Waals surface area contributed by atoms with Gasteiger partial charge in [0.2, 0.25) is 10.0 Å². The summed E-state index contributed by atoms with van der Waals surface area (Å²) in [5, 5.41) is 1.89. The molecule has 0 saturated carbocycles. The molecular weight excluding hydrogens is 500 g/mol. The van der Waals surface area contributed by atoms with E-state index in [1.807, 2.05) is 37.3 Å². The normalized spacial score (nSPS) is 11.8. The number of benzene rings is 2. The molecule has 3 aromatic heterocycles. The Kier molecular flexibility index (Phi) is 5.89. The lowest BCUT2D eigenvalue weighted by Gasteiger charge is -2.13. The highest BCUT2D eigenvalue weighted by Gasteiger charge is 2.27. The molecule has 5 aromatic rings. The molecular formula is C26H21ClN4O4S. The van der Waals surface area contributed by atoms with Crippen molar-refractivity contribution in [1.82, 2.24) is 19.3 Å². The molecule has 1 amide bonds. The van der Waals surface area contributed by atoms with Gasteiger partial charge in [-0.15, -0.1) is 0 Å². The Labute approximate surface area is 211 Å². The third-order valence-electron chi connectivity index (χ3n) is 5.84. The first kappa shape index (κ1) is 23.8. The summed E-state index contributed by atoms with van der Waals surface area (Å²) in [6.45, 7) is 2.16. The first-order chi connectivity index (χ1) is 17.1. The van der Waals surface area contributed by atoms with Gasteiger partial charge in [-0.3, -0.25) is 14.6 Å². The minimum atomic E-state index is -3.88. The summed E-state index contributed by atoms with van der Waals surface area (Å²) in [6.07, 6.45) is 2.39. The van der Waals surface area contributed by atoms with Crippen LogP contribution in [0.2, 0.25) is 5.02 Å². The van der Waals surface area contributed by atoms with E-state index in [0.29, 0.717) is 21.5 Å². The Balaban J connectivity index is 1.80. The average Bonchev–Trinajstić information content (AvgIpc) is 3.11. The van der Waals surface area contributed by atoms with E-state index in [4.69, 9.17) is 11.6 Å². The number of nitrogens with one attached hydrogen (secondary N) is 2. The van der Waals surface area contributed by atoms with Crippen molar-refractivity contribution in [2.24, 2.45) is 0 Å². The van der Waals surface area contributed by atoms with Crippen LogP contribution in [0.5, 0.6) is 0 Å². The third kappa shape index (κ3) is 4.50. The van der Waals surface area contributed by atoms with Crippen molar-refractivity contribution < 1.29 is 13.2 Å². The van der Waals surface area contributed by atoms with Crippen molar-refractivity contribution in [1.29, 1.82) is 0 Å². The summed E-state index contributed by atoms with van der Waals surface area (Å²) in [7, 11) is -3.88. The van der Waals surface area contributed by atoms with Crippen LogP contribution in [0, 0.1) is 6.92 Å². The van der Waals surface area contributed by atoms with E-state index in [9.17, 15) is 18.0 Å². The van der Waals surface area contributed by atoms with Crippen LogP contribution in [-0.2, 0) is 16.6 Å². The maximum absolute atomic E-state index is 13.4. The predicted molar refractivity (Wildman–Crippen MR) is 141 cm³/mol. The lowest BCUT2D eigenvalue weighted by molar-refractivity contribution is 0.0974. The van der Waals surface area contributed by atoms with Crippen LogP contribution in [0.25, 0.3) is 32.9 Å². The third-order valence-corrected chi connectivity index (χ3v) is 6.63. The van der Waals surface area contributed by atoms with E-state index < -0.39 is 21.5 Å². The molecule has 0 radical (unpaired) electrons. The van der Waals surface area contributed by atoms with Gasteiger partial charge in [-0.05, 0) is 61.0 Å². The number of hydrogen-bond acceptors (Lipinski definition) is 5. The molecule has 182 valence electrons. The molecule has 0 spiro atoms. The minimum absolute atomic E-state index is 0.0384. The molecule has 0 bridgehead atoms. The number of pyridine rings is 2. The summed E-state index contributed by atoms with van der Waals surface area (Å²) < 4.78 is 27.8. The van der Waals surface area contributed by atoms with Gasteiger partial charge in [0, 0.05) is 50.9 Å². The number of sulfonamides is 1. The van der Waals surface area contributed by atoms with Crippen molar-refractivity contribution >= 4 is 49.3 Å². The number of nitrogens with zero attached hydrogens (tertiary/aromatic N) is 2. The highest BCUT2D eigenvalue weighted by molar-refractivity contribution is 7.89. The molecule has 0 fully saturated rings. The SMILES string of the molecule is Cc1ccc2cc(Cn3c(C(=O)NS(C)(=O)=O)c(-c4ccc[nH]c4=O)c4cc(Cl)ccc43)ccc2n1. The largest absolute Gasteiger partial charge is 0.331 e. The second-order valence-electron chi connectivity index (χ2n) is 8.57. The molecule has 8 nitrogen and oxygen atoms in total. The lowest BCUT2D eigenvalue weighted by Crippen LogP contribution is -2.31. The fraction of sp³-hybridized carbons (Fsp3) is 0.115. The van der Waals surface area contributed by atoms with Gasteiger partial charge < -0.3 is 9.55 Å². The first-order valence-electron chi connectivity index (χ1n) is 11.0. The second kappa shape index (κ2) is 8.92. The number of aromatic nitrogens is 3. The number of aromatic amines is 1. The van der Waals surface area contributed by atoms with Gasteiger partial charge in [0.1, 0.15) is 5.69 Å². The van der Waals surface area contributed by atoms with Gasteiger partial charge in [0.05, 0.1) is 11.8 Å². The summed E-state index contributed by atoms with van der Waals surface area (Å²) in [4.78, 5) is 33.4. The van der Waals surface area contributed by atoms with E-state index >= 15 is 0 Å². The van der Waals surface area contributed by atoms with Crippen molar-refractivity contribution in [2.75, 3.05) is 6.26 Å². The van der Waals surface area contributed by atoms with Crippen molar-refractivity contribution in [2.45, 2.75) is 13.5 Å². The van der Waals surface area contributed by atoms with Gasteiger partial charge in [-0.2, -0.15) is 0 Å². The first-order valence-corrected chi connectivity index (χ1v) is 13.3. The predicted octanol–water partition coefficient (Wildman–Crippen LogP) is 4.24. The lowest BCUT2D eigenvalue weighted by atomic mass is 10.0. The molecule has 10 heteroatoms. The number of halogens is 1. The molecule has 5 rings (SSSR count). The number of amides is 1. The molecule has 2 aromatic carbocycles.